The molecule has 0 unspecified atom stereocenters. The maximum absolute atomic E-state index is 10.3. The lowest BCUT2D eigenvalue weighted by Crippen LogP contribution is -2.58. The van der Waals surface area contributed by atoms with E-state index in [9.17, 15) is 4.79 Å². The van der Waals surface area contributed by atoms with E-state index >= 15 is 0 Å². The van der Waals surface area contributed by atoms with Crippen LogP contribution in [0.3, 0.4) is 0 Å². The molecular formula is C12H21NO3. The van der Waals surface area contributed by atoms with Crippen LogP contribution in [0.15, 0.2) is 0 Å². The minimum Gasteiger partial charge on any atom is -0.481 e. The molecule has 1 N–H and O–H groups in total. The van der Waals surface area contributed by atoms with Crippen LogP contribution in [0.2, 0.25) is 0 Å². The predicted octanol–water partition coefficient (Wildman–Crippen LogP) is 1.35. The smallest absolute Gasteiger partial charge is 0.303 e. The number of carbonyl (C=O) groups is 1. The van der Waals surface area contributed by atoms with Crippen molar-refractivity contribution in [1.82, 2.24) is 4.90 Å². The first-order valence-corrected chi connectivity index (χ1v) is 6.22. The Bertz CT molecular complexity index is 241. The molecule has 2 aliphatic rings. The summed E-state index contributed by atoms with van der Waals surface area (Å²) in [7, 11) is 0. The third kappa shape index (κ3) is 2.95. The molecule has 92 valence electrons. The number of carboxylic acids is 1. The second-order valence-electron chi connectivity index (χ2n) is 5.17. The lowest BCUT2D eigenvalue weighted by atomic mass is 9.73. The van der Waals surface area contributed by atoms with Crippen molar-refractivity contribution in [1.29, 1.82) is 0 Å². The number of hydrogen-bond acceptors (Lipinski definition) is 3. The van der Waals surface area contributed by atoms with Crippen LogP contribution in [0.1, 0.15) is 32.1 Å². The van der Waals surface area contributed by atoms with Crippen LogP contribution in [0.5, 0.6) is 0 Å². The molecule has 0 aromatic heterocycles. The molecular weight excluding hydrogens is 206 g/mol. The van der Waals surface area contributed by atoms with Crippen LogP contribution in [0.4, 0.5) is 0 Å². The molecule has 0 bridgehead atoms. The van der Waals surface area contributed by atoms with Gasteiger partial charge in [0.05, 0.1) is 0 Å². The number of unbranched alkanes of at least 4 members (excludes halogenated alkanes) is 1. The Morgan fingerprint density at radius 2 is 1.94 bits per heavy atom. The first-order chi connectivity index (χ1) is 7.70. The van der Waals surface area contributed by atoms with Crippen molar-refractivity contribution in [3.8, 4) is 0 Å². The Labute approximate surface area is 96.6 Å². The van der Waals surface area contributed by atoms with Gasteiger partial charge in [0.15, 0.2) is 0 Å². The highest BCUT2D eigenvalue weighted by molar-refractivity contribution is 5.66. The third-order valence-corrected chi connectivity index (χ3v) is 3.79. The maximum Gasteiger partial charge on any atom is 0.303 e. The fourth-order valence-corrected chi connectivity index (χ4v) is 2.79. The largest absolute Gasteiger partial charge is 0.481 e. The van der Waals surface area contributed by atoms with Crippen molar-refractivity contribution in [3.63, 3.8) is 0 Å². The Hall–Kier alpha value is -0.610. The Kier molecular flexibility index (Phi) is 3.82. The first-order valence-electron chi connectivity index (χ1n) is 6.22. The second kappa shape index (κ2) is 5.15. The van der Waals surface area contributed by atoms with Gasteiger partial charge in [-0.1, -0.05) is 0 Å². The molecule has 4 heteroatoms. The van der Waals surface area contributed by atoms with Crippen LogP contribution in [-0.2, 0) is 9.53 Å². The van der Waals surface area contributed by atoms with E-state index in [2.05, 4.69) is 4.90 Å². The van der Waals surface area contributed by atoms with Gasteiger partial charge in [-0.15, -0.1) is 0 Å². The normalized spacial score (nSPS) is 24.2. The van der Waals surface area contributed by atoms with Gasteiger partial charge in [0.2, 0.25) is 0 Å². The van der Waals surface area contributed by atoms with Crippen LogP contribution in [-0.4, -0.2) is 48.8 Å². The number of aliphatic carboxylic acids is 1. The summed E-state index contributed by atoms with van der Waals surface area (Å²) in [6.45, 7) is 5.31. The molecule has 2 saturated heterocycles. The minimum absolute atomic E-state index is 0.312. The Morgan fingerprint density at radius 3 is 2.56 bits per heavy atom. The summed E-state index contributed by atoms with van der Waals surface area (Å²) < 4.78 is 5.38. The van der Waals surface area contributed by atoms with Crippen molar-refractivity contribution >= 4 is 5.97 Å². The zero-order valence-electron chi connectivity index (χ0n) is 9.78. The highest BCUT2D eigenvalue weighted by Gasteiger charge is 2.43. The average Bonchev–Trinajstić information content (AvgIpc) is 2.23. The third-order valence-electron chi connectivity index (χ3n) is 3.79. The minimum atomic E-state index is -0.676. The molecule has 2 fully saturated rings. The van der Waals surface area contributed by atoms with E-state index in [4.69, 9.17) is 9.84 Å². The number of likely N-dealkylation sites (tertiary alicyclic amines) is 1. The van der Waals surface area contributed by atoms with Gasteiger partial charge in [0.1, 0.15) is 0 Å². The Morgan fingerprint density at radius 1 is 1.25 bits per heavy atom. The molecule has 1 spiro atoms. The summed E-state index contributed by atoms with van der Waals surface area (Å²) in [5.41, 5.74) is 0.547. The molecule has 0 radical (unpaired) electrons. The van der Waals surface area contributed by atoms with Crippen molar-refractivity contribution in [3.05, 3.63) is 0 Å². The van der Waals surface area contributed by atoms with Gasteiger partial charge in [-0.3, -0.25) is 4.79 Å². The number of rotatable bonds is 5. The predicted molar refractivity (Wildman–Crippen MR) is 60.4 cm³/mol. The van der Waals surface area contributed by atoms with E-state index in [1.807, 2.05) is 0 Å². The van der Waals surface area contributed by atoms with Gasteiger partial charge in [0.25, 0.3) is 0 Å². The van der Waals surface area contributed by atoms with Crippen LogP contribution < -0.4 is 0 Å². The van der Waals surface area contributed by atoms with Crippen LogP contribution in [0, 0.1) is 5.41 Å². The quantitative estimate of drug-likeness (QED) is 0.720. The fourth-order valence-electron chi connectivity index (χ4n) is 2.79. The number of hydrogen-bond donors (Lipinski definition) is 1. The van der Waals surface area contributed by atoms with Gasteiger partial charge < -0.3 is 14.7 Å². The molecule has 4 nitrogen and oxygen atoms in total. The van der Waals surface area contributed by atoms with E-state index in [-0.39, 0.29) is 0 Å². The average molecular weight is 227 g/mol. The number of nitrogens with zero attached hydrogens (tertiary/aromatic N) is 1. The monoisotopic (exact) mass is 227 g/mol. The molecule has 0 aromatic carbocycles. The molecule has 0 aliphatic carbocycles. The summed E-state index contributed by atoms with van der Waals surface area (Å²) in [5.74, 6) is -0.676. The molecule has 16 heavy (non-hydrogen) atoms. The van der Waals surface area contributed by atoms with E-state index in [0.717, 1.165) is 32.6 Å². The van der Waals surface area contributed by atoms with Gasteiger partial charge in [0, 0.05) is 38.1 Å². The maximum atomic E-state index is 10.3. The molecule has 0 amide bonds. The van der Waals surface area contributed by atoms with Crippen molar-refractivity contribution < 1.29 is 14.6 Å². The fraction of sp³-hybridized carbons (Fsp3) is 0.917. The first kappa shape index (κ1) is 11.9. The summed E-state index contributed by atoms with van der Waals surface area (Å²) >= 11 is 0. The van der Waals surface area contributed by atoms with E-state index in [1.165, 1.54) is 25.9 Å². The van der Waals surface area contributed by atoms with Crippen LogP contribution in [0.25, 0.3) is 0 Å². The Balaban J connectivity index is 1.56. The standard InChI is InChI=1S/C12H21NO3/c14-11(15)3-1-2-6-13-9-12(10-13)4-7-16-8-5-12/h1-10H2,(H,14,15). The van der Waals surface area contributed by atoms with Gasteiger partial charge >= 0.3 is 5.97 Å². The topological polar surface area (TPSA) is 49.8 Å². The lowest BCUT2D eigenvalue weighted by Gasteiger charge is -2.52. The lowest BCUT2D eigenvalue weighted by molar-refractivity contribution is -0.137. The van der Waals surface area contributed by atoms with Crippen LogP contribution >= 0.6 is 0 Å². The zero-order chi connectivity index (χ0) is 11.4. The summed E-state index contributed by atoms with van der Waals surface area (Å²) in [4.78, 5) is 12.8. The molecule has 2 heterocycles. The molecule has 2 aliphatic heterocycles. The SMILES string of the molecule is O=C(O)CCCCN1CC2(CCOCC2)C1. The van der Waals surface area contributed by atoms with Gasteiger partial charge in [-0.2, -0.15) is 0 Å². The summed E-state index contributed by atoms with van der Waals surface area (Å²) in [6, 6.07) is 0. The van der Waals surface area contributed by atoms with Crippen molar-refractivity contribution in [2.45, 2.75) is 32.1 Å². The second-order valence-corrected chi connectivity index (χ2v) is 5.17. The highest BCUT2D eigenvalue weighted by Crippen LogP contribution is 2.39. The molecule has 0 aromatic rings. The van der Waals surface area contributed by atoms with Crippen molar-refractivity contribution in [2.75, 3.05) is 32.8 Å². The van der Waals surface area contributed by atoms with E-state index in [1.54, 1.807) is 0 Å². The number of ether oxygens (including phenoxy) is 1. The number of carboxylic acid groups (broad SMARTS) is 1. The van der Waals surface area contributed by atoms with E-state index < -0.39 is 5.97 Å². The summed E-state index contributed by atoms with van der Waals surface area (Å²) in [5, 5.41) is 8.52. The van der Waals surface area contributed by atoms with Gasteiger partial charge in [-0.25, -0.2) is 0 Å². The molecule has 0 saturated carbocycles. The summed E-state index contributed by atoms with van der Waals surface area (Å²) in [6.07, 6.45) is 4.55. The van der Waals surface area contributed by atoms with Gasteiger partial charge in [-0.05, 0) is 32.2 Å². The zero-order valence-corrected chi connectivity index (χ0v) is 9.78. The van der Waals surface area contributed by atoms with Crippen molar-refractivity contribution in [2.24, 2.45) is 5.41 Å². The molecule has 2 rings (SSSR count). The highest BCUT2D eigenvalue weighted by atomic mass is 16.5. The van der Waals surface area contributed by atoms with E-state index in [0.29, 0.717) is 11.8 Å². The molecule has 0 atom stereocenters.